The van der Waals surface area contributed by atoms with Gasteiger partial charge in [0.2, 0.25) is 5.95 Å². The zero-order valence-electron chi connectivity index (χ0n) is 13.8. The van der Waals surface area contributed by atoms with Crippen LogP contribution in [0.2, 0.25) is 0 Å². The van der Waals surface area contributed by atoms with E-state index >= 15 is 0 Å². The summed E-state index contributed by atoms with van der Waals surface area (Å²) in [5.74, 6) is 0.982. The lowest BCUT2D eigenvalue weighted by molar-refractivity contribution is 0.447. The van der Waals surface area contributed by atoms with Crippen LogP contribution in [0.3, 0.4) is 0 Å². The van der Waals surface area contributed by atoms with Gasteiger partial charge < -0.3 is 21.3 Å². The molecule has 24 heavy (non-hydrogen) atoms. The summed E-state index contributed by atoms with van der Waals surface area (Å²) in [6, 6.07) is 9.30. The molecule has 0 bridgehead atoms. The van der Waals surface area contributed by atoms with E-state index in [2.05, 4.69) is 25.5 Å². The topological polar surface area (TPSA) is 79.1 Å². The Morgan fingerprint density at radius 3 is 2.83 bits per heavy atom. The van der Waals surface area contributed by atoms with Crippen molar-refractivity contribution in [3.8, 4) is 0 Å². The second-order valence-electron chi connectivity index (χ2n) is 5.98. The van der Waals surface area contributed by atoms with Crippen molar-refractivity contribution in [1.82, 2.24) is 20.6 Å². The van der Waals surface area contributed by atoms with E-state index in [1.54, 1.807) is 12.1 Å². The van der Waals surface area contributed by atoms with Gasteiger partial charge >= 0.3 is 0 Å². The molecule has 4 N–H and O–H groups in total. The molecule has 1 aromatic carbocycles. The molecule has 1 aliphatic heterocycles. The number of hydrogen-bond donors (Lipinski definition) is 3. The molecule has 1 fully saturated rings. The zero-order valence-corrected chi connectivity index (χ0v) is 13.8. The van der Waals surface area contributed by atoms with Gasteiger partial charge in [-0.2, -0.15) is 4.98 Å². The summed E-state index contributed by atoms with van der Waals surface area (Å²) in [5.41, 5.74) is 7.38. The number of nitrogens with two attached hydrogens (primary N) is 1. The Kier molecular flexibility index (Phi) is 5.22. The van der Waals surface area contributed by atoms with Gasteiger partial charge in [-0.1, -0.05) is 18.2 Å². The van der Waals surface area contributed by atoms with Crippen LogP contribution >= 0.6 is 0 Å². The fourth-order valence-electron chi connectivity index (χ4n) is 2.74. The highest BCUT2D eigenvalue weighted by Crippen LogP contribution is 2.20. The SMILES string of the molecule is CNC1CN(c2cc(CNCCc3ccccc3F)nc(N)n2)C1. The molecule has 7 heteroatoms. The Labute approximate surface area is 141 Å². The van der Waals surface area contributed by atoms with Crippen molar-refractivity contribution in [2.45, 2.75) is 19.0 Å². The number of nitrogens with one attached hydrogen (secondary N) is 2. The maximum absolute atomic E-state index is 13.6. The van der Waals surface area contributed by atoms with E-state index in [1.165, 1.54) is 6.07 Å². The average molecular weight is 330 g/mol. The largest absolute Gasteiger partial charge is 0.368 e. The minimum Gasteiger partial charge on any atom is -0.368 e. The van der Waals surface area contributed by atoms with E-state index < -0.39 is 0 Å². The van der Waals surface area contributed by atoms with Crippen LogP contribution in [-0.4, -0.2) is 42.7 Å². The molecule has 2 heterocycles. The Morgan fingerprint density at radius 1 is 1.29 bits per heavy atom. The first kappa shape index (κ1) is 16.6. The standard InChI is InChI=1S/C17H23FN6/c1-20-14-10-24(11-14)16-8-13(22-17(19)23-16)9-21-7-6-12-4-2-3-5-15(12)18/h2-5,8,14,20-21H,6-7,9-11H2,1H3,(H2,19,22,23). The van der Waals surface area contributed by atoms with E-state index in [-0.39, 0.29) is 11.8 Å². The van der Waals surface area contributed by atoms with Gasteiger partial charge in [-0.3, -0.25) is 0 Å². The smallest absolute Gasteiger partial charge is 0.222 e. The molecule has 6 nitrogen and oxygen atoms in total. The minimum absolute atomic E-state index is 0.162. The summed E-state index contributed by atoms with van der Waals surface area (Å²) < 4.78 is 13.6. The van der Waals surface area contributed by atoms with Gasteiger partial charge in [0.15, 0.2) is 0 Å². The molecule has 0 spiro atoms. The number of benzene rings is 1. The number of likely N-dealkylation sites (N-methyl/N-ethyl adjacent to an activating group) is 1. The summed E-state index contributed by atoms with van der Waals surface area (Å²) in [6.45, 7) is 3.10. The molecule has 1 aromatic heterocycles. The number of hydrogen-bond acceptors (Lipinski definition) is 6. The van der Waals surface area contributed by atoms with Gasteiger partial charge in [0.05, 0.1) is 5.69 Å². The molecular weight excluding hydrogens is 307 g/mol. The predicted octanol–water partition coefficient (Wildman–Crippen LogP) is 0.938. The molecule has 0 aliphatic carbocycles. The molecule has 0 atom stereocenters. The average Bonchev–Trinajstić information content (AvgIpc) is 2.52. The molecule has 0 radical (unpaired) electrons. The van der Waals surface area contributed by atoms with Crippen LogP contribution in [0.1, 0.15) is 11.3 Å². The first-order valence-corrected chi connectivity index (χ1v) is 8.15. The van der Waals surface area contributed by atoms with Crippen LogP contribution < -0.4 is 21.3 Å². The van der Waals surface area contributed by atoms with Crippen LogP contribution in [0.15, 0.2) is 30.3 Å². The van der Waals surface area contributed by atoms with Crippen molar-refractivity contribution in [3.63, 3.8) is 0 Å². The lowest BCUT2D eigenvalue weighted by Crippen LogP contribution is -2.57. The van der Waals surface area contributed by atoms with Gasteiger partial charge in [0.25, 0.3) is 0 Å². The molecule has 1 aliphatic rings. The third kappa shape index (κ3) is 3.98. The van der Waals surface area contributed by atoms with Gasteiger partial charge in [0, 0.05) is 31.7 Å². The third-order valence-corrected chi connectivity index (χ3v) is 4.23. The van der Waals surface area contributed by atoms with Crippen molar-refractivity contribution < 1.29 is 4.39 Å². The van der Waals surface area contributed by atoms with Crippen LogP contribution in [0, 0.1) is 5.82 Å². The second-order valence-corrected chi connectivity index (χ2v) is 5.98. The number of nitrogens with zero attached hydrogens (tertiary/aromatic N) is 3. The first-order chi connectivity index (χ1) is 11.7. The summed E-state index contributed by atoms with van der Waals surface area (Å²) >= 11 is 0. The Morgan fingerprint density at radius 2 is 2.08 bits per heavy atom. The van der Waals surface area contributed by atoms with Crippen LogP contribution in [-0.2, 0) is 13.0 Å². The fraction of sp³-hybridized carbons (Fsp3) is 0.412. The van der Waals surface area contributed by atoms with Gasteiger partial charge in [0.1, 0.15) is 11.6 Å². The normalized spacial score (nSPS) is 14.7. The highest BCUT2D eigenvalue weighted by atomic mass is 19.1. The van der Waals surface area contributed by atoms with Gasteiger partial charge in [-0.25, -0.2) is 9.37 Å². The first-order valence-electron chi connectivity index (χ1n) is 8.15. The lowest BCUT2D eigenvalue weighted by Gasteiger charge is -2.40. The summed E-state index contributed by atoms with van der Waals surface area (Å²) in [5, 5.41) is 6.52. The number of anilines is 2. The summed E-state index contributed by atoms with van der Waals surface area (Å²) in [4.78, 5) is 10.7. The summed E-state index contributed by atoms with van der Waals surface area (Å²) in [7, 11) is 1.96. The Balaban J connectivity index is 1.52. The highest BCUT2D eigenvalue weighted by molar-refractivity contribution is 5.46. The van der Waals surface area contributed by atoms with E-state index in [9.17, 15) is 4.39 Å². The molecule has 128 valence electrons. The molecule has 2 aromatic rings. The monoisotopic (exact) mass is 330 g/mol. The van der Waals surface area contributed by atoms with Crippen molar-refractivity contribution in [1.29, 1.82) is 0 Å². The minimum atomic E-state index is -0.162. The van der Waals surface area contributed by atoms with Crippen molar-refractivity contribution in [3.05, 3.63) is 47.4 Å². The van der Waals surface area contributed by atoms with Gasteiger partial charge in [-0.15, -0.1) is 0 Å². The molecule has 0 unspecified atom stereocenters. The maximum Gasteiger partial charge on any atom is 0.222 e. The maximum atomic E-state index is 13.6. The lowest BCUT2D eigenvalue weighted by atomic mass is 10.1. The Hall–Kier alpha value is -2.25. The van der Waals surface area contributed by atoms with Crippen LogP contribution in [0.25, 0.3) is 0 Å². The number of nitrogen functional groups attached to an aromatic ring is 1. The van der Waals surface area contributed by atoms with E-state index in [0.717, 1.165) is 24.6 Å². The molecule has 0 amide bonds. The molecule has 0 saturated carbocycles. The third-order valence-electron chi connectivity index (χ3n) is 4.23. The zero-order chi connectivity index (χ0) is 16.9. The van der Waals surface area contributed by atoms with E-state index in [1.807, 2.05) is 19.2 Å². The number of aromatic nitrogens is 2. The van der Waals surface area contributed by atoms with E-state index in [4.69, 9.17) is 5.73 Å². The van der Waals surface area contributed by atoms with E-state index in [0.29, 0.717) is 31.1 Å². The van der Waals surface area contributed by atoms with Crippen molar-refractivity contribution in [2.75, 3.05) is 37.3 Å². The highest BCUT2D eigenvalue weighted by Gasteiger charge is 2.26. The summed E-state index contributed by atoms with van der Waals surface area (Å²) in [6.07, 6.45) is 0.635. The molecule has 1 saturated heterocycles. The predicted molar refractivity (Wildman–Crippen MR) is 93.3 cm³/mol. The fourth-order valence-corrected chi connectivity index (χ4v) is 2.74. The van der Waals surface area contributed by atoms with Crippen LogP contribution in [0.5, 0.6) is 0 Å². The van der Waals surface area contributed by atoms with Gasteiger partial charge in [-0.05, 0) is 31.6 Å². The quantitative estimate of drug-likeness (QED) is 0.656. The molecular formula is C17H23FN6. The number of rotatable bonds is 7. The Bertz CT molecular complexity index is 687. The van der Waals surface area contributed by atoms with Crippen LogP contribution in [0.4, 0.5) is 16.2 Å². The van der Waals surface area contributed by atoms with Crippen molar-refractivity contribution in [2.24, 2.45) is 0 Å². The second kappa shape index (κ2) is 7.55. The number of halogens is 1. The van der Waals surface area contributed by atoms with Crippen molar-refractivity contribution >= 4 is 11.8 Å². The molecule has 3 rings (SSSR count).